The van der Waals surface area contributed by atoms with Crippen LogP contribution in [0.25, 0.3) is 0 Å². The summed E-state index contributed by atoms with van der Waals surface area (Å²) in [5.41, 5.74) is 1.25. The quantitative estimate of drug-likeness (QED) is 0.888. The third kappa shape index (κ3) is 2.52. The maximum absolute atomic E-state index is 11.9. The minimum atomic E-state index is -0.564. The van der Waals surface area contributed by atoms with Gasteiger partial charge in [-0.15, -0.1) is 0 Å². The summed E-state index contributed by atoms with van der Waals surface area (Å²) < 4.78 is 0. The van der Waals surface area contributed by atoms with Crippen LogP contribution >= 0.6 is 0 Å². The van der Waals surface area contributed by atoms with Crippen molar-refractivity contribution >= 4 is 11.5 Å². The second-order valence-corrected chi connectivity index (χ2v) is 5.90. The van der Waals surface area contributed by atoms with E-state index in [-0.39, 0.29) is 5.78 Å². The highest BCUT2D eigenvalue weighted by molar-refractivity contribution is 6.03. The molecular weight excluding hydrogens is 238 g/mol. The van der Waals surface area contributed by atoms with Gasteiger partial charge in [-0.05, 0) is 25.0 Å². The average Bonchev–Trinajstić information content (AvgIpc) is 2.43. The van der Waals surface area contributed by atoms with Crippen LogP contribution < -0.4 is 4.90 Å². The second kappa shape index (κ2) is 4.97. The van der Waals surface area contributed by atoms with Crippen molar-refractivity contribution in [3.8, 4) is 0 Å². The Morgan fingerprint density at radius 3 is 2.68 bits per heavy atom. The van der Waals surface area contributed by atoms with Crippen molar-refractivity contribution in [3.63, 3.8) is 0 Å². The van der Waals surface area contributed by atoms with E-state index in [0.717, 1.165) is 43.5 Å². The number of anilines is 1. The molecule has 0 amide bonds. The number of Topliss-reactive ketones (excluding diaryl/α,β-unsaturated/α-hetero) is 1. The largest absolute Gasteiger partial charge is 0.388 e. The van der Waals surface area contributed by atoms with E-state index in [1.54, 1.807) is 0 Å². The first-order chi connectivity index (χ1) is 9.18. The lowest BCUT2D eigenvalue weighted by molar-refractivity contribution is 0.0107. The van der Waals surface area contributed by atoms with Crippen LogP contribution in [0.3, 0.4) is 0 Å². The zero-order valence-electron chi connectivity index (χ0n) is 11.3. The van der Waals surface area contributed by atoms with Gasteiger partial charge in [0.05, 0.1) is 5.60 Å². The fourth-order valence-corrected chi connectivity index (χ4v) is 3.36. The van der Waals surface area contributed by atoms with E-state index >= 15 is 0 Å². The lowest BCUT2D eigenvalue weighted by Gasteiger charge is -2.40. The molecule has 0 saturated heterocycles. The number of ketones is 1. The molecule has 0 unspecified atom stereocenters. The SMILES string of the molecule is O=C1CCN(CC2(O)CCCCC2)c2ccccc21. The molecule has 1 fully saturated rings. The molecule has 3 nitrogen and oxygen atoms in total. The first-order valence-electron chi connectivity index (χ1n) is 7.28. The number of aliphatic hydroxyl groups is 1. The Bertz CT molecular complexity index is 477. The summed E-state index contributed by atoms with van der Waals surface area (Å²) in [5.74, 6) is 0.225. The average molecular weight is 259 g/mol. The Morgan fingerprint density at radius 1 is 1.16 bits per heavy atom. The van der Waals surface area contributed by atoms with Crippen LogP contribution in [-0.4, -0.2) is 29.6 Å². The van der Waals surface area contributed by atoms with Crippen molar-refractivity contribution in [1.29, 1.82) is 0 Å². The molecule has 1 aromatic carbocycles. The van der Waals surface area contributed by atoms with Crippen LogP contribution in [-0.2, 0) is 0 Å². The highest BCUT2D eigenvalue weighted by atomic mass is 16.3. The van der Waals surface area contributed by atoms with Gasteiger partial charge in [-0.25, -0.2) is 0 Å². The molecule has 2 aliphatic rings. The van der Waals surface area contributed by atoms with E-state index in [9.17, 15) is 9.90 Å². The van der Waals surface area contributed by atoms with E-state index in [1.807, 2.05) is 24.3 Å². The van der Waals surface area contributed by atoms with Crippen molar-refractivity contribution in [2.45, 2.75) is 44.1 Å². The molecule has 0 atom stereocenters. The molecule has 1 aliphatic heterocycles. The molecule has 1 aliphatic carbocycles. The number of carbonyl (C=O) groups excluding carboxylic acids is 1. The van der Waals surface area contributed by atoms with Gasteiger partial charge in [0.1, 0.15) is 0 Å². The minimum absolute atomic E-state index is 0.225. The summed E-state index contributed by atoms with van der Waals surface area (Å²) in [7, 11) is 0. The number of nitrogens with zero attached hydrogens (tertiary/aromatic N) is 1. The van der Waals surface area contributed by atoms with Gasteiger partial charge in [-0.1, -0.05) is 31.4 Å². The Kier molecular flexibility index (Phi) is 3.31. The van der Waals surface area contributed by atoms with Gasteiger partial charge in [0.25, 0.3) is 0 Å². The number of benzene rings is 1. The van der Waals surface area contributed by atoms with Crippen LogP contribution in [0.2, 0.25) is 0 Å². The number of hydrogen-bond acceptors (Lipinski definition) is 3. The maximum atomic E-state index is 11.9. The number of fused-ring (bicyclic) bond motifs is 1. The number of para-hydroxylation sites is 1. The minimum Gasteiger partial charge on any atom is -0.388 e. The fourth-order valence-electron chi connectivity index (χ4n) is 3.36. The van der Waals surface area contributed by atoms with Crippen molar-refractivity contribution in [1.82, 2.24) is 0 Å². The van der Waals surface area contributed by atoms with Gasteiger partial charge in [-0.3, -0.25) is 4.79 Å². The monoisotopic (exact) mass is 259 g/mol. The first-order valence-corrected chi connectivity index (χ1v) is 7.28. The fraction of sp³-hybridized carbons (Fsp3) is 0.562. The van der Waals surface area contributed by atoms with E-state index in [0.29, 0.717) is 13.0 Å². The standard InChI is InChI=1S/C16H21NO2/c18-15-8-11-17(14-7-3-2-6-13(14)15)12-16(19)9-4-1-5-10-16/h2-3,6-7,19H,1,4-5,8-12H2. The van der Waals surface area contributed by atoms with Gasteiger partial charge in [0.15, 0.2) is 5.78 Å². The Labute approximate surface area is 114 Å². The van der Waals surface area contributed by atoms with Crippen molar-refractivity contribution in [2.75, 3.05) is 18.0 Å². The summed E-state index contributed by atoms with van der Waals surface area (Å²) in [4.78, 5) is 14.1. The molecule has 1 saturated carbocycles. The number of hydrogen-bond donors (Lipinski definition) is 1. The molecule has 3 heteroatoms. The number of carbonyl (C=O) groups is 1. The van der Waals surface area contributed by atoms with Crippen LogP contribution in [0, 0.1) is 0 Å². The van der Waals surface area contributed by atoms with E-state index in [2.05, 4.69) is 4.90 Å². The molecular formula is C16H21NO2. The smallest absolute Gasteiger partial charge is 0.166 e. The van der Waals surface area contributed by atoms with Crippen LogP contribution in [0.4, 0.5) is 5.69 Å². The van der Waals surface area contributed by atoms with Crippen molar-refractivity contribution in [2.24, 2.45) is 0 Å². The van der Waals surface area contributed by atoms with Gasteiger partial charge in [0, 0.05) is 30.8 Å². The maximum Gasteiger partial charge on any atom is 0.166 e. The van der Waals surface area contributed by atoms with E-state index < -0.39 is 5.60 Å². The van der Waals surface area contributed by atoms with Gasteiger partial charge in [-0.2, -0.15) is 0 Å². The second-order valence-electron chi connectivity index (χ2n) is 5.90. The lowest BCUT2D eigenvalue weighted by Crippen LogP contribution is -2.46. The predicted octanol–water partition coefficient (Wildman–Crippen LogP) is 2.77. The normalized spacial score (nSPS) is 22.2. The van der Waals surface area contributed by atoms with Gasteiger partial charge in [0.2, 0.25) is 0 Å². The van der Waals surface area contributed by atoms with Crippen molar-refractivity contribution in [3.05, 3.63) is 29.8 Å². The molecule has 19 heavy (non-hydrogen) atoms. The number of β-amino-alcohol motifs (C(OH)–C–C–N with tert-alkyl or cyclic N) is 1. The summed E-state index contributed by atoms with van der Waals surface area (Å²) in [6, 6.07) is 7.78. The predicted molar refractivity (Wildman–Crippen MR) is 75.6 cm³/mol. The Balaban J connectivity index is 1.82. The molecule has 0 radical (unpaired) electrons. The van der Waals surface area contributed by atoms with Crippen LogP contribution in [0.1, 0.15) is 48.9 Å². The molecule has 0 bridgehead atoms. The lowest BCUT2D eigenvalue weighted by atomic mass is 9.84. The molecule has 1 heterocycles. The molecule has 3 rings (SSSR count). The number of rotatable bonds is 2. The molecule has 1 aromatic rings. The Morgan fingerprint density at radius 2 is 1.89 bits per heavy atom. The highest BCUT2D eigenvalue weighted by Gasteiger charge is 2.33. The summed E-state index contributed by atoms with van der Waals surface area (Å²) >= 11 is 0. The third-order valence-corrected chi connectivity index (χ3v) is 4.42. The first kappa shape index (κ1) is 12.7. The topological polar surface area (TPSA) is 40.5 Å². The van der Waals surface area contributed by atoms with Gasteiger partial charge >= 0.3 is 0 Å². The van der Waals surface area contributed by atoms with Gasteiger partial charge < -0.3 is 10.0 Å². The van der Waals surface area contributed by atoms with Crippen LogP contribution in [0.15, 0.2) is 24.3 Å². The third-order valence-electron chi connectivity index (χ3n) is 4.42. The zero-order chi connectivity index (χ0) is 13.3. The van der Waals surface area contributed by atoms with E-state index in [4.69, 9.17) is 0 Å². The molecule has 0 aromatic heterocycles. The highest BCUT2D eigenvalue weighted by Crippen LogP contribution is 2.33. The van der Waals surface area contributed by atoms with Crippen molar-refractivity contribution < 1.29 is 9.90 Å². The van der Waals surface area contributed by atoms with E-state index in [1.165, 1.54) is 6.42 Å². The summed E-state index contributed by atoms with van der Waals surface area (Å²) in [6.07, 6.45) is 5.81. The molecule has 102 valence electrons. The summed E-state index contributed by atoms with van der Waals surface area (Å²) in [6.45, 7) is 1.40. The zero-order valence-corrected chi connectivity index (χ0v) is 11.3. The van der Waals surface area contributed by atoms with Crippen LogP contribution in [0.5, 0.6) is 0 Å². The molecule has 0 spiro atoms. The summed E-state index contributed by atoms with van der Waals surface area (Å²) in [5, 5.41) is 10.7. The molecule has 1 N–H and O–H groups in total. The Hall–Kier alpha value is -1.35.